The molecule has 0 aromatic rings. The van der Waals surface area contributed by atoms with Crippen LogP contribution in [0.1, 0.15) is 26.7 Å². The number of rotatable bonds is 12. The van der Waals surface area contributed by atoms with Gasteiger partial charge in [0, 0.05) is 27.9 Å². The van der Waals surface area contributed by atoms with Crippen molar-refractivity contribution in [1.82, 2.24) is 0 Å². The van der Waals surface area contributed by atoms with Crippen molar-refractivity contribution in [2.75, 3.05) is 54.1 Å². The van der Waals surface area contributed by atoms with Crippen molar-refractivity contribution in [3.63, 3.8) is 0 Å². The fourth-order valence-corrected chi connectivity index (χ4v) is 4.32. The molecule has 20 heavy (non-hydrogen) atoms. The van der Waals surface area contributed by atoms with E-state index in [0.717, 1.165) is 49.5 Å². The summed E-state index contributed by atoms with van der Waals surface area (Å²) < 4.78 is 17.5. The van der Waals surface area contributed by atoms with E-state index in [1.807, 2.05) is 0 Å². The summed E-state index contributed by atoms with van der Waals surface area (Å²) in [6.45, 7) is 8.99. The molecule has 0 aliphatic heterocycles. The number of unbranched alkanes of at least 4 members (excludes halogenated alkanes) is 1. The molecule has 0 aliphatic rings. The van der Waals surface area contributed by atoms with Crippen molar-refractivity contribution < 1.29 is 35.3 Å². The molecule has 0 saturated heterocycles. The van der Waals surface area contributed by atoms with Crippen LogP contribution in [0.4, 0.5) is 0 Å². The maximum absolute atomic E-state index is 8.92. The van der Waals surface area contributed by atoms with Gasteiger partial charge >= 0.3 is 8.80 Å². The molecular weight excluding hydrogens is 298 g/mol. The van der Waals surface area contributed by atoms with E-state index >= 15 is 0 Å². The third kappa shape index (κ3) is 6.84. The van der Waals surface area contributed by atoms with Crippen LogP contribution in [0.25, 0.3) is 0 Å². The SMILES string of the molecule is CC[N+](CC)(CCCCO)CC[Si](OC)(OC)OC.[Cl-]. The molecule has 0 spiro atoms. The summed E-state index contributed by atoms with van der Waals surface area (Å²) in [5.74, 6) is 0. The lowest BCUT2D eigenvalue weighted by molar-refractivity contribution is -0.923. The van der Waals surface area contributed by atoms with E-state index in [1.165, 1.54) is 0 Å². The van der Waals surface area contributed by atoms with E-state index in [-0.39, 0.29) is 19.0 Å². The standard InChI is InChI=1S/C13H32NO4Si.ClH/c1-6-14(7-2,10-8-9-12-15)11-13-19(16-3,17-4)18-5;/h15H,6-13H2,1-5H3;1H/q+1;/p-1. The molecule has 0 fully saturated rings. The lowest BCUT2D eigenvalue weighted by Gasteiger charge is -2.38. The maximum Gasteiger partial charge on any atom is 0.505 e. The number of quaternary nitrogens is 1. The Labute approximate surface area is 131 Å². The Balaban J connectivity index is 0. The number of hydrogen-bond acceptors (Lipinski definition) is 4. The highest BCUT2D eigenvalue weighted by Crippen LogP contribution is 2.18. The average Bonchev–Trinajstić information content (AvgIpc) is 2.47. The van der Waals surface area contributed by atoms with Gasteiger partial charge in [-0.15, -0.1) is 0 Å². The van der Waals surface area contributed by atoms with Gasteiger partial charge in [-0.05, 0) is 26.7 Å². The number of aliphatic hydroxyl groups excluding tert-OH is 1. The van der Waals surface area contributed by atoms with Crippen molar-refractivity contribution in [1.29, 1.82) is 0 Å². The van der Waals surface area contributed by atoms with Crippen LogP contribution in [-0.2, 0) is 13.3 Å². The van der Waals surface area contributed by atoms with Crippen molar-refractivity contribution in [3.8, 4) is 0 Å². The monoisotopic (exact) mass is 329 g/mol. The highest BCUT2D eigenvalue weighted by Gasteiger charge is 2.40. The van der Waals surface area contributed by atoms with Crippen LogP contribution in [0.15, 0.2) is 0 Å². The molecule has 5 nitrogen and oxygen atoms in total. The topological polar surface area (TPSA) is 47.9 Å². The van der Waals surface area contributed by atoms with Gasteiger partial charge in [0.25, 0.3) is 0 Å². The molecule has 0 aromatic heterocycles. The Kier molecular flexibility index (Phi) is 13.5. The lowest BCUT2D eigenvalue weighted by Crippen LogP contribution is -3.00. The fraction of sp³-hybridized carbons (Fsp3) is 1.00. The van der Waals surface area contributed by atoms with Gasteiger partial charge in [-0.2, -0.15) is 0 Å². The molecule has 0 aromatic carbocycles. The zero-order valence-electron chi connectivity index (χ0n) is 13.7. The zero-order chi connectivity index (χ0) is 14.8. The quantitative estimate of drug-likeness (QED) is 0.269. The Morgan fingerprint density at radius 1 is 0.900 bits per heavy atom. The van der Waals surface area contributed by atoms with Gasteiger partial charge in [-0.25, -0.2) is 0 Å². The summed E-state index contributed by atoms with van der Waals surface area (Å²) >= 11 is 0. The third-order valence-corrected chi connectivity index (χ3v) is 6.91. The van der Waals surface area contributed by atoms with Crippen LogP contribution in [0.2, 0.25) is 6.04 Å². The summed E-state index contributed by atoms with van der Waals surface area (Å²) in [7, 11) is 2.52. The summed E-state index contributed by atoms with van der Waals surface area (Å²) in [5.41, 5.74) is 0. The second-order valence-electron chi connectivity index (χ2n) is 4.90. The van der Waals surface area contributed by atoms with E-state index in [0.29, 0.717) is 0 Å². The number of halogens is 1. The van der Waals surface area contributed by atoms with E-state index in [4.69, 9.17) is 18.4 Å². The number of aliphatic hydroxyl groups is 1. The van der Waals surface area contributed by atoms with Crippen LogP contribution in [-0.4, -0.2) is 72.5 Å². The second-order valence-corrected chi connectivity index (χ2v) is 7.99. The highest BCUT2D eigenvalue weighted by atomic mass is 35.5. The van der Waals surface area contributed by atoms with Gasteiger partial charge in [0.2, 0.25) is 0 Å². The molecule has 0 rings (SSSR count). The van der Waals surface area contributed by atoms with Crippen molar-refractivity contribution >= 4 is 8.80 Å². The smallest absolute Gasteiger partial charge is 0.505 e. The number of hydrogen-bond donors (Lipinski definition) is 1. The minimum absolute atomic E-state index is 0. The second kappa shape index (κ2) is 11.9. The summed E-state index contributed by atoms with van der Waals surface area (Å²) in [6.07, 6.45) is 1.93. The van der Waals surface area contributed by atoms with Crippen LogP contribution < -0.4 is 12.4 Å². The first-order valence-electron chi connectivity index (χ1n) is 7.19. The Morgan fingerprint density at radius 3 is 1.75 bits per heavy atom. The molecule has 7 heteroatoms. The van der Waals surface area contributed by atoms with Gasteiger partial charge in [0.05, 0.1) is 32.2 Å². The van der Waals surface area contributed by atoms with E-state index in [2.05, 4.69) is 13.8 Å². The molecule has 0 aliphatic carbocycles. The predicted molar refractivity (Wildman–Crippen MR) is 79.0 cm³/mol. The summed E-state index contributed by atoms with van der Waals surface area (Å²) in [5, 5.41) is 8.92. The van der Waals surface area contributed by atoms with E-state index in [9.17, 15) is 0 Å². The Hall–Kier alpha value is 0.307. The Bertz CT molecular complexity index is 218. The molecule has 0 heterocycles. The van der Waals surface area contributed by atoms with Crippen LogP contribution in [0.3, 0.4) is 0 Å². The fourth-order valence-electron chi connectivity index (χ4n) is 2.46. The maximum atomic E-state index is 8.92. The molecule has 124 valence electrons. The normalized spacial score (nSPS) is 12.3. The average molecular weight is 330 g/mol. The van der Waals surface area contributed by atoms with Gasteiger partial charge < -0.3 is 35.3 Å². The van der Waals surface area contributed by atoms with Gasteiger partial charge in [0.15, 0.2) is 0 Å². The zero-order valence-corrected chi connectivity index (χ0v) is 15.4. The van der Waals surface area contributed by atoms with E-state index in [1.54, 1.807) is 21.3 Å². The van der Waals surface area contributed by atoms with Crippen LogP contribution in [0.5, 0.6) is 0 Å². The molecule has 0 atom stereocenters. The summed E-state index contributed by atoms with van der Waals surface area (Å²) in [6, 6.07) is 0.831. The Morgan fingerprint density at radius 2 is 1.40 bits per heavy atom. The molecule has 0 saturated carbocycles. The first kappa shape index (κ1) is 22.6. The van der Waals surface area contributed by atoms with Crippen molar-refractivity contribution in [2.24, 2.45) is 0 Å². The molecule has 1 N–H and O–H groups in total. The van der Waals surface area contributed by atoms with Crippen LogP contribution >= 0.6 is 0 Å². The lowest BCUT2D eigenvalue weighted by atomic mass is 10.2. The first-order valence-corrected chi connectivity index (χ1v) is 9.12. The first-order chi connectivity index (χ1) is 9.07. The van der Waals surface area contributed by atoms with Crippen molar-refractivity contribution in [3.05, 3.63) is 0 Å². The number of nitrogens with zero attached hydrogens (tertiary/aromatic N) is 1. The van der Waals surface area contributed by atoms with E-state index < -0.39 is 8.80 Å². The van der Waals surface area contributed by atoms with Crippen molar-refractivity contribution in [2.45, 2.75) is 32.7 Å². The largest absolute Gasteiger partial charge is 1.00 e. The van der Waals surface area contributed by atoms with Gasteiger partial charge in [0.1, 0.15) is 0 Å². The van der Waals surface area contributed by atoms with Crippen LogP contribution in [0, 0.1) is 0 Å². The molecule has 0 amide bonds. The minimum Gasteiger partial charge on any atom is -1.00 e. The third-order valence-electron chi connectivity index (χ3n) is 4.21. The highest BCUT2D eigenvalue weighted by molar-refractivity contribution is 6.60. The van der Waals surface area contributed by atoms with Gasteiger partial charge in [-0.3, -0.25) is 0 Å². The summed E-state index contributed by atoms with van der Waals surface area (Å²) in [4.78, 5) is 0. The molecule has 0 radical (unpaired) electrons. The predicted octanol–water partition coefficient (Wildman–Crippen LogP) is -1.50. The molecule has 0 unspecified atom stereocenters. The molecule has 0 bridgehead atoms. The minimum atomic E-state index is -2.47. The molecular formula is C13H32ClNO4Si. The van der Waals surface area contributed by atoms with Gasteiger partial charge in [-0.1, -0.05) is 0 Å².